The Morgan fingerprint density at radius 1 is 1.33 bits per heavy atom. The lowest BCUT2D eigenvalue weighted by Gasteiger charge is -2.29. The van der Waals surface area contributed by atoms with Gasteiger partial charge in [0.1, 0.15) is 5.69 Å². The van der Waals surface area contributed by atoms with Crippen LogP contribution in [0.3, 0.4) is 0 Å². The van der Waals surface area contributed by atoms with E-state index in [0.717, 1.165) is 18.4 Å². The molecule has 126 valence electrons. The van der Waals surface area contributed by atoms with Crippen molar-refractivity contribution in [3.8, 4) is 0 Å². The summed E-state index contributed by atoms with van der Waals surface area (Å²) in [6.45, 7) is 0.0941. The minimum atomic E-state index is -0.367. The normalized spacial score (nSPS) is 15.8. The Morgan fingerprint density at radius 2 is 2.12 bits per heavy atom. The number of hydrogen-bond donors (Lipinski definition) is 2. The van der Waals surface area contributed by atoms with Crippen LogP contribution in [0.15, 0.2) is 47.4 Å². The van der Waals surface area contributed by atoms with Crippen LogP contribution < -0.4 is 10.9 Å². The first-order valence-corrected chi connectivity index (χ1v) is 8.03. The van der Waals surface area contributed by atoms with Crippen molar-refractivity contribution in [2.45, 2.75) is 18.9 Å². The summed E-state index contributed by atoms with van der Waals surface area (Å²) in [6.07, 6.45) is 3.36. The lowest BCUT2D eigenvalue weighted by atomic mass is 10.1. The number of carbonyl (C=O) groups is 1. The summed E-state index contributed by atoms with van der Waals surface area (Å²) < 4.78 is 1.41. The highest BCUT2D eigenvalue weighted by Crippen LogP contribution is 2.35. The van der Waals surface area contributed by atoms with Crippen molar-refractivity contribution in [2.75, 3.05) is 18.5 Å². The zero-order chi connectivity index (χ0) is 17.1. The molecule has 2 aromatic rings. The quantitative estimate of drug-likeness (QED) is 0.901. The summed E-state index contributed by atoms with van der Waals surface area (Å²) in [7, 11) is 1.64. The van der Waals surface area contributed by atoms with E-state index < -0.39 is 0 Å². The Bertz CT molecular complexity index is 800. The molecule has 24 heavy (non-hydrogen) atoms. The number of carbonyl (C=O) groups excluding carboxylic acids is 1. The summed E-state index contributed by atoms with van der Waals surface area (Å²) in [5.74, 6) is 0. The molecule has 1 aliphatic carbocycles. The molecule has 0 radical (unpaired) electrons. The minimum absolute atomic E-state index is 0.0825. The van der Waals surface area contributed by atoms with Gasteiger partial charge in [-0.3, -0.25) is 4.79 Å². The fraction of sp³-hybridized carbons (Fsp3) is 0.333. The molecular formula is C18H21N3O3. The highest BCUT2D eigenvalue weighted by atomic mass is 16.3. The number of pyridine rings is 1. The molecular weight excluding hydrogens is 306 g/mol. The van der Waals surface area contributed by atoms with E-state index >= 15 is 0 Å². The van der Waals surface area contributed by atoms with E-state index in [1.165, 1.54) is 10.1 Å². The van der Waals surface area contributed by atoms with Crippen molar-refractivity contribution in [1.82, 2.24) is 9.47 Å². The van der Waals surface area contributed by atoms with Gasteiger partial charge < -0.3 is 19.9 Å². The van der Waals surface area contributed by atoms with Gasteiger partial charge in [-0.1, -0.05) is 24.3 Å². The molecule has 6 nitrogen and oxygen atoms in total. The van der Waals surface area contributed by atoms with Crippen LogP contribution in [0.4, 0.5) is 10.5 Å². The Hall–Kier alpha value is -2.60. The fourth-order valence-corrected chi connectivity index (χ4v) is 3.24. The van der Waals surface area contributed by atoms with Crippen molar-refractivity contribution in [3.05, 3.63) is 64.1 Å². The zero-order valence-electron chi connectivity index (χ0n) is 13.6. The number of anilines is 1. The molecule has 1 heterocycles. The Kier molecular flexibility index (Phi) is 4.66. The average molecular weight is 327 g/mol. The number of aromatic nitrogens is 1. The van der Waals surface area contributed by atoms with E-state index in [1.54, 1.807) is 30.3 Å². The summed E-state index contributed by atoms with van der Waals surface area (Å²) in [5, 5.41) is 12.1. The molecule has 1 aromatic carbocycles. The van der Waals surface area contributed by atoms with Crippen molar-refractivity contribution in [1.29, 1.82) is 0 Å². The largest absolute Gasteiger partial charge is 0.395 e. The van der Waals surface area contributed by atoms with Crippen LogP contribution in [-0.2, 0) is 13.5 Å². The molecule has 1 aromatic heterocycles. The predicted octanol–water partition coefficient (Wildman–Crippen LogP) is 1.90. The van der Waals surface area contributed by atoms with Gasteiger partial charge >= 0.3 is 6.03 Å². The highest BCUT2D eigenvalue weighted by Gasteiger charge is 2.30. The van der Waals surface area contributed by atoms with Crippen LogP contribution in [-0.4, -0.2) is 33.8 Å². The van der Waals surface area contributed by atoms with Gasteiger partial charge in [0.05, 0.1) is 12.6 Å². The van der Waals surface area contributed by atoms with Crippen LogP contribution in [0.25, 0.3) is 0 Å². The van der Waals surface area contributed by atoms with E-state index in [0.29, 0.717) is 0 Å². The second-order valence-electron chi connectivity index (χ2n) is 5.94. The van der Waals surface area contributed by atoms with Crippen LogP contribution in [0.1, 0.15) is 23.6 Å². The van der Waals surface area contributed by atoms with Crippen LogP contribution in [0.2, 0.25) is 0 Å². The maximum Gasteiger partial charge on any atom is 0.322 e. The topological polar surface area (TPSA) is 74.6 Å². The first-order valence-electron chi connectivity index (χ1n) is 8.03. The number of benzene rings is 1. The molecule has 1 atom stereocenters. The maximum atomic E-state index is 12.7. The molecule has 0 aliphatic heterocycles. The summed E-state index contributed by atoms with van der Waals surface area (Å²) in [5.41, 5.74) is 2.32. The number of urea groups is 1. The van der Waals surface area contributed by atoms with Gasteiger partial charge in [0.15, 0.2) is 0 Å². The number of rotatable bonds is 4. The smallest absolute Gasteiger partial charge is 0.322 e. The van der Waals surface area contributed by atoms with Crippen molar-refractivity contribution in [2.24, 2.45) is 7.05 Å². The third-order valence-electron chi connectivity index (χ3n) is 4.44. The lowest BCUT2D eigenvalue weighted by molar-refractivity contribution is 0.162. The van der Waals surface area contributed by atoms with Crippen molar-refractivity contribution < 1.29 is 9.90 Å². The van der Waals surface area contributed by atoms with Crippen LogP contribution in [0, 0.1) is 0 Å². The number of amides is 2. The first kappa shape index (κ1) is 16.3. The molecule has 2 N–H and O–H groups in total. The first-order chi connectivity index (χ1) is 11.6. The minimum Gasteiger partial charge on any atom is -0.395 e. The number of aliphatic hydroxyl groups is 1. The van der Waals surface area contributed by atoms with E-state index in [1.807, 2.05) is 18.2 Å². The van der Waals surface area contributed by atoms with E-state index in [9.17, 15) is 14.7 Å². The van der Waals surface area contributed by atoms with Crippen LogP contribution in [0.5, 0.6) is 0 Å². The molecule has 0 bridgehead atoms. The van der Waals surface area contributed by atoms with E-state index in [-0.39, 0.29) is 36.5 Å². The monoisotopic (exact) mass is 327 g/mol. The molecule has 3 rings (SSSR count). The third-order valence-corrected chi connectivity index (χ3v) is 4.44. The van der Waals surface area contributed by atoms with Gasteiger partial charge in [-0.25, -0.2) is 4.79 Å². The summed E-state index contributed by atoms with van der Waals surface area (Å²) >= 11 is 0. The molecule has 0 saturated carbocycles. The van der Waals surface area contributed by atoms with Gasteiger partial charge in [0, 0.05) is 19.8 Å². The van der Waals surface area contributed by atoms with Crippen molar-refractivity contribution in [3.63, 3.8) is 0 Å². The van der Waals surface area contributed by atoms with Crippen LogP contribution >= 0.6 is 0 Å². The SMILES string of the molecule is Cn1cccc(NC(=O)N(CCO)C2CCc3ccccc32)c1=O. The molecule has 2 amide bonds. The van der Waals surface area contributed by atoms with Crippen molar-refractivity contribution >= 4 is 11.7 Å². The molecule has 1 aliphatic rings. The van der Waals surface area contributed by atoms with Gasteiger partial charge in [0.2, 0.25) is 0 Å². The third kappa shape index (κ3) is 3.05. The summed E-state index contributed by atoms with van der Waals surface area (Å²) in [4.78, 5) is 26.4. The molecule has 0 spiro atoms. The maximum absolute atomic E-state index is 12.7. The Balaban J connectivity index is 1.85. The lowest BCUT2D eigenvalue weighted by Crippen LogP contribution is -2.40. The second kappa shape index (κ2) is 6.88. The van der Waals surface area contributed by atoms with Gasteiger partial charge in [0.25, 0.3) is 5.56 Å². The molecule has 1 unspecified atom stereocenters. The summed E-state index contributed by atoms with van der Waals surface area (Å²) in [6, 6.07) is 10.9. The van der Waals surface area contributed by atoms with E-state index in [4.69, 9.17) is 0 Å². The number of aliphatic hydroxyl groups excluding tert-OH is 1. The number of fused-ring (bicyclic) bond motifs is 1. The Labute approximate surface area is 140 Å². The zero-order valence-corrected chi connectivity index (χ0v) is 13.6. The number of nitrogens with one attached hydrogen (secondary N) is 1. The van der Waals surface area contributed by atoms with Gasteiger partial charge in [-0.05, 0) is 36.1 Å². The molecule has 0 saturated heterocycles. The van der Waals surface area contributed by atoms with Gasteiger partial charge in [-0.2, -0.15) is 0 Å². The van der Waals surface area contributed by atoms with Gasteiger partial charge in [-0.15, -0.1) is 0 Å². The fourth-order valence-electron chi connectivity index (χ4n) is 3.24. The number of hydrogen-bond acceptors (Lipinski definition) is 3. The second-order valence-corrected chi connectivity index (χ2v) is 5.94. The number of aryl methyl sites for hydroxylation is 2. The molecule has 6 heteroatoms. The highest BCUT2D eigenvalue weighted by molar-refractivity contribution is 5.89. The van der Waals surface area contributed by atoms with E-state index in [2.05, 4.69) is 11.4 Å². The molecule has 0 fully saturated rings. The number of nitrogens with zero attached hydrogens (tertiary/aromatic N) is 2. The Morgan fingerprint density at radius 3 is 2.92 bits per heavy atom. The predicted molar refractivity (Wildman–Crippen MR) is 92.0 cm³/mol. The standard InChI is InChI=1S/C18H21N3O3/c1-20-10-4-7-15(17(20)23)19-18(24)21(11-12-22)16-9-8-13-5-2-3-6-14(13)16/h2-7,10,16,22H,8-9,11-12H2,1H3,(H,19,24). The average Bonchev–Trinajstić information content (AvgIpc) is 3.00.